The highest BCUT2D eigenvalue weighted by Gasteiger charge is 2.37. The molecule has 1 heterocycles. The summed E-state index contributed by atoms with van der Waals surface area (Å²) in [5, 5.41) is 4.65. The number of para-hydroxylation sites is 1. The maximum Gasteiger partial charge on any atom is 0.333 e. The number of nitrogens with two attached hydrogens (primary N) is 2. The van der Waals surface area contributed by atoms with Crippen molar-refractivity contribution in [1.29, 1.82) is 0 Å². The number of piperidine rings is 1. The van der Waals surface area contributed by atoms with Crippen LogP contribution in [0.15, 0.2) is 30.3 Å². The fourth-order valence-electron chi connectivity index (χ4n) is 2.07. The third-order valence-corrected chi connectivity index (χ3v) is 4.75. The van der Waals surface area contributed by atoms with Crippen molar-refractivity contribution in [2.24, 2.45) is 11.2 Å². The Morgan fingerprint density at radius 2 is 2.00 bits per heavy atom. The van der Waals surface area contributed by atoms with Crippen molar-refractivity contribution in [3.05, 3.63) is 30.3 Å². The summed E-state index contributed by atoms with van der Waals surface area (Å²) in [6.07, 6.45) is 1.11. The molecule has 6 N–H and O–H groups in total. The van der Waals surface area contributed by atoms with Crippen LogP contribution < -0.4 is 21.6 Å². The van der Waals surface area contributed by atoms with E-state index >= 15 is 0 Å². The molecule has 1 aliphatic heterocycles. The Morgan fingerprint density at radius 1 is 1.33 bits per heavy atom. The lowest BCUT2D eigenvalue weighted by Gasteiger charge is -2.34. The third-order valence-electron chi connectivity index (χ3n) is 3.11. The van der Waals surface area contributed by atoms with Gasteiger partial charge in [0, 0.05) is 12.2 Å². The van der Waals surface area contributed by atoms with Crippen molar-refractivity contribution in [3.8, 4) is 0 Å². The van der Waals surface area contributed by atoms with E-state index in [1.54, 1.807) is 30.3 Å². The van der Waals surface area contributed by atoms with Gasteiger partial charge in [0.1, 0.15) is 0 Å². The van der Waals surface area contributed by atoms with Gasteiger partial charge in [-0.25, -0.2) is 10.3 Å². The first-order chi connectivity index (χ1) is 9.90. The highest BCUT2D eigenvalue weighted by atomic mass is 31.2. The summed E-state index contributed by atoms with van der Waals surface area (Å²) in [6, 6.07) is 7.15. The molecule has 1 aromatic rings. The molecular formula is C12H18N5O3P. The standard InChI is InChI=1S/C12H18N5O3P/c13-10-7-4-8-17(11(10)18)21(14,20)16-12(19)15-9-5-2-1-3-6-9/h1-3,5-6,10H,4,7-8,13H2,(H4,14,15,16,19,20)/t10-,21?/m0/s1. The topological polar surface area (TPSA) is 131 Å². The normalized spacial score (nSPS) is 21.5. The van der Waals surface area contributed by atoms with E-state index in [1.165, 1.54) is 0 Å². The Kier molecular flexibility index (Phi) is 4.62. The molecule has 0 radical (unpaired) electrons. The van der Waals surface area contributed by atoms with Crippen LogP contribution in [0.25, 0.3) is 0 Å². The second-order valence-corrected chi connectivity index (χ2v) is 6.72. The van der Waals surface area contributed by atoms with Gasteiger partial charge >= 0.3 is 13.6 Å². The molecule has 2 rings (SSSR count). The quantitative estimate of drug-likeness (QED) is 0.614. The smallest absolute Gasteiger partial charge is 0.320 e. The molecule has 1 saturated heterocycles. The fraction of sp³-hybridized carbons (Fsp3) is 0.333. The van der Waals surface area contributed by atoms with Crippen molar-refractivity contribution in [3.63, 3.8) is 0 Å². The molecule has 1 aliphatic rings. The monoisotopic (exact) mass is 311 g/mol. The molecule has 0 spiro atoms. The van der Waals surface area contributed by atoms with E-state index in [0.717, 1.165) is 4.67 Å². The van der Waals surface area contributed by atoms with E-state index in [2.05, 4.69) is 10.4 Å². The number of hydrogen-bond acceptors (Lipinski definition) is 4. The summed E-state index contributed by atoms with van der Waals surface area (Å²) < 4.78 is 13.3. The average molecular weight is 311 g/mol. The van der Waals surface area contributed by atoms with Crippen LogP contribution in [0.3, 0.4) is 0 Å². The van der Waals surface area contributed by atoms with Gasteiger partial charge in [0.25, 0.3) is 0 Å². The van der Waals surface area contributed by atoms with Gasteiger partial charge in [0.2, 0.25) is 5.91 Å². The van der Waals surface area contributed by atoms with E-state index in [9.17, 15) is 14.2 Å². The lowest BCUT2D eigenvalue weighted by molar-refractivity contribution is -0.129. The van der Waals surface area contributed by atoms with Gasteiger partial charge in [-0.05, 0) is 25.0 Å². The number of urea groups is 1. The Labute approximate surface area is 122 Å². The van der Waals surface area contributed by atoms with Gasteiger partial charge in [-0.2, -0.15) is 0 Å². The zero-order chi connectivity index (χ0) is 15.5. The number of anilines is 1. The molecule has 0 aromatic heterocycles. The van der Waals surface area contributed by atoms with Crippen LogP contribution in [0.2, 0.25) is 0 Å². The van der Waals surface area contributed by atoms with E-state index in [0.29, 0.717) is 18.5 Å². The van der Waals surface area contributed by atoms with Crippen molar-refractivity contribution in [2.45, 2.75) is 18.9 Å². The first-order valence-corrected chi connectivity index (χ1v) is 8.23. The molecule has 114 valence electrons. The molecule has 0 aliphatic carbocycles. The van der Waals surface area contributed by atoms with Gasteiger partial charge in [-0.1, -0.05) is 18.2 Å². The highest BCUT2D eigenvalue weighted by molar-refractivity contribution is 7.58. The number of amides is 3. The average Bonchev–Trinajstić information content (AvgIpc) is 2.42. The van der Waals surface area contributed by atoms with Crippen LogP contribution in [-0.4, -0.2) is 29.2 Å². The number of hydrogen-bond donors (Lipinski definition) is 4. The van der Waals surface area contributed by atoms with Gasteiger partial charge in [-0.3, -0.25) is 19.1 Å². The predicted molar refractivity (Wildman–Crippen MR) is 79.3 cm³/mol. The number of nitrogens with one attached hydrogen (secondary N) is 2. The summed E-state index contributed by atoms with van der Waals surface area (Å²) >= 11 is 0. The second-order valence-electron chi connectivity index (χ2n) is 4.76. The molecule has 1 aromatic carbocycles. The Balaban J connectivity index is 2.01. The minimum atomic E-state index is -3.81. The maximum atomic E-state index is 12.4. The largest absolute Gasteiger partial charge is 0.333 e. The molecule has 0 saturated carbocycles. The summed E-state index contributed by atoms with van der Waals surface area (Å²) in [7, 11) is -3.81. The molecule has 2 atom stereocenters. The van der Waals surface area contributed by atoms with Crippen molar-refractivity contribution in [1.82, 2.24) is 9.76 Å². The second kappa shape index (κ2) is 6.26. The Morgan fingerprint density at radius 3 is 2.67 bits per heavy atom. The number of carbonyl (C=O) groups excluding carboxylic acids is 2. The minimum absolute atomic E-state index is 0.214. The lowest BCUT2D eigenvalue weighted by Crippen LogP contribution is -2.50. The van der Waals surface area contributed by atoms with Gasteiger partial charge in [0.05, 0.1) is 6.04 Å². The number of carbonyl (C=O) groups is 2. The maximum absolute atomic E-state index is 12.4. The molecule has 1 fully saturated rings. The van der Waals surface area contributed by atoms with Crippen LogP contribution in [0.5, 0.6) is 0 Å². The van der Waals surface area contributed by atoms with E-state index in [-0.39, 0.29) is 6.54 Å². The third kappa shape index (κ3) is 3.81. The molecular weight excluding hydrogens is 293 g/mol. The highest BCUT2D eigenvalue weighted by Crippen LogP contribution is 2.39. The van der Waals surface area contributed by atoms with Crippen molar-refractivity contribution < 1.29 is 14.2 Å². The molecule has 8 nitrogen and oxygen atoms in total. The SMILES string of the molecule is N[C@H]1CCCN(P(N)(=O)NC(=O)Nc2ccccc2)C1=O. The number of benzene rings is 1. The predicted octanol–water partition coefficient (Wildman–Crippen LogP) is 0.825. The van der Waals surface area contributed by atoms with Crippen LogP contribution in [-0.2, 0) is 9.36 Å². The summed E-state index contributed by atoms with van der Waals surface area (Å²) in [4.78, 5) is 23.7. The summed E-state index contributed by atoms with van der Waals surface area (Å²) in [6.45, 7) is 0.214. The van der Waals surface area contributed by atoms with Crippen LogP contribution in [0.1, 0.15) is 12.8 Å². The molecule has 21 heavy (non-hydrogen) atoms. The summed E-state index contributed by atoms with van der Waals surface area (Å²) in [5.41, 5.74) is 11.8. The Hall–Kier alpha value is -1.89. The molecule has 1 unspecified atom stereocenters. The molecule has 3 amide bonds. The van der Waals surface area contributed by atoms with Crippen LogP contribution in [0.4, 0.5) is 10.5 Å². The molecule has 0 bridgehead atoms. The van der Waals surface area contributed by atoms with E-state index < -0.39 is 25.6 Å². The van der Waals surface area contributed by atoms with E-state index in [4.69, 9.17) is 11.2 Å². The summed E-state index contributed by atoms with van der Waals surface area (Å²) in [5.74, 6) is -0.507. The number of nitrogens with zero attached hydrogens (tertiary/aromatic N) is 1. The number of rotatable bonds is 3. The first-order valence-electron chi connectivity index (χ1n) is 6.50. The van der Waals surface area contributed by atoms with Gasteiger partial charge in [-0.15, -0.1) is 0 Å². The lowest BCUT2D eigenvalue weighted by atomic mass is 10.1. The van der Waals surface area contributed by atoms with Gasteiger partial charge in [0.15, 0.2) is 0 Å². The van der Waals surface area contributed by atoms with Crippen LogP contribution >= 0.6 is 7.59 Å². The van der Waals surface area contributed by atoms with E-state index in [1.807, 2.05) is 0 Å². The minimum Gasteiger partial charge on any atom is -0.320 e. The van der Waals surface area contributed by atoms with Crippen LogP contribution in [0, 0.1) is 0 Å². The molecule has 9 heteroatoms. The fourth-order valence-corrected chi connectivity index (χ4v) is 3.41. The van der Waals surface area contributed by atoms with Gasteiger partial charge < -0.3 is 11.1 Å². The Bertz CT molecular complexity index is 580. The van der Waals surface area contributed by atoms with Crippen molar-refractivity contribution >= 4 is 25.2 Å². The first kappa shape index (κ1) is 15.5. The van der Waals surface area contributed by atoms with Crippen molar-refractivity contribution in [2.75, 3.05) is 11.9 Å². The zero-order valence-corrected chi connectivity index (χ0v) is 12.3. The zero-order valence-electron chi connectivity index (χ0n) is 11.4.